The molecule has 5 rings (SSSR count). The minimum absolute atomic E-state index is 0.150. The maximum Gasteiger partial charge on any atom is 0.274 e. The van der Waals surface area contributed by atoms with Crippen molar-refractivity contribution in [2.24, 2.45) is 0 Å². The van der Waals surface area contributed by atoms with Crippen molar-refractivity contribution in [3.63, 3.8) is 0 Å². The van der Waals surface area contributed by atoms with Gasteiger partial charge in [-0.3, -0.25) is 9.36 Å². The van der Waals surface area contributed by atoms with Gasteiger partial charge in [0.05, 0.1) is 16.3 Å². The Hall–Kier alpha value is -2.83. The highest BCUT2D eigenvalue weighted by Gasteiger charge is 2.37. The van der Waals surface area contributed by atoms with Crippen LogP contribution in [-0.2, 0) is 12.0 Å². The van der Waals surface area contributed by atoms with Crippen LogP contribution in [0.4, 0.5) is 0 Å². The minimum Gasteiger partial charge on any atom is -0.385 e. The zero-order valence-electron chi connectivity index (χ0n) is 21.0. The topological polar surface area (TPSA) is 58.4 Å². The van der Waals surface area contributed by atoms with Crippen molar-refractivity contribution in [1.29, 1.82) is 0 Å². The summed E-state index contributed by atoms with van der Waals surface area (Å²) in [5.41, 5.74) is 2.58. The van der Waals surface area contributed by atoms with E-state index in [1.54, 1.807) is 17.0 Å². The SMILES string of the molecule is CCCc1c(C(=O)N2CCC(O)(c3cccc(Cl)c3)CC2)nc(-c2ccccc2Cl)n1-c1ccc(Cl)cc1. The number of benzene rings is 3. The van der Waals surface area contributed by atoms with Gasteiger partial charge in [-0.05, 0) is 73.4 Å². The summed E-state index contributed by atoms with van der Waals surface area (Å²) in [6.07, 6.45) is 2.31. The van der Waals surface area contributed by atoms with E-state index < -0.39 is 5.60 Å². The molecular formula is C30H28Cl3N3O2. The van der Waals surface area contributed by atoms with E-state index in [0.717, 1.165) is 28.9 Å². The summed E-state index contributed by atoms with van der Waals surface area (Å²) in [6.45, 7) is 2.89. The maximum atomic E-state index is 14.0. The second-order valence-electron chi connectivity index (χ2n) is 9.61. The predicted molar refractivity (Wildman–Crippen MR) is 154 cm³/mol. The van der Waals surface area contributed by atoms with Crippen molar-refractivity contribution in [2.45, 2.75) is 38.2 Å². The highest BCUT2D eigenvalue weighted by molar-refractivity contribution is 6.33. The van der Waals surface area contributed by atoms with E-state index in [1.807, 2.05) is 65.2 Å². The Morgan fingerprint density at radius 2 is 1.66 bits per heavy atom. The Morgan fingerprint density at radius 1 is 0.947 bits per heavy atom. The van der Waals surface area contributed by atoms with Crippen molar-refractivity contribution in [1.82, 2.24) is 14.5 Å². The zero-order chi connectivity index (χ0) is 26.9. The number of nitrogens with zero attached hydrogens (tertiary/aromatic N) is 3. The lowest BCUT2D eigenvalue weighted by atomic mass is 9.84. The first-order chi connectivity index (χ1) is 18.3. The number of rotatable bonds is 6. The summed E-state index contributed by atoms with van der Waals surface area (Å²) in [7, 11) is 0. The van der Waals surface area contributed by atoms with Crippen LogP contribution in [0.3, 0.4) is 0 Å². The largest absolute Gasteiger partial charge is 0.385 e. The van der Waals surface area contributed by atoms with Gasteiger partial charge in [0.25, 0.3) is 5.91 Å². The Labute approximate surface area is 237 Å². The van der Waals surface area contributed by atoms with Crippen LogP contribution in [0.2, 0.25) is 15.1 Å². The molecule has 0 spiro atoms. The number of hydrogen-bond donors (Lipinski definition) is 1. The van der Waals surface area contributed by atoms with E-state index in [1.165, 1.54) is 0 Å². The van der Waals surface area contributed by atoms with Crippen molar-refractivity contribution in [3.05, 3.63) is 105 Å². The number of carbonyl (C=O) groups excluding carboxylic acids is 1. The molecule has 0 bridgehead atoms. The van der Waals surface area contributed by atoms with Crippen molar-refractivity contribution in [3.8, 4) is 17.1 Å². The van der Waals surface area contributed by atoms with Gasteiger partial charge in [0.1, 0.15) is 5.82 Å². The van der Waals surface area contributed by atoms with Crippen molar-refractivity contribution in [2.75, 3.05) is 13.1 Å². The van der Waals surface area contributed by atoms with Gasteiger partial charge in [0.2, 0.25) is 0 Å². The molecule has 2 heterocycles. The number of amides is 1. The second kappa shape index (κ2) is 11.1. The first-order valence-electron chi connectivity index (χ1n) is 12.7. The van der Waals surface area contributed by atoms with E-state index in [2.05, 4.69) is 6.92 Å². The van der Waals surface area contributed by atoms with E-state index >= 15 is 0 Å². The average molecular weight is 569 g/mol. The highest BCUT2D eigenvalue weighted by Crippen LogP contribution is 2.36. The molecule has 196 valence electrons. The lowest BCUT2D eigenvalue weighted by Crippen LogP contribution is -2.45. The predicted octanol–water partition coefficient (Wildman–Crippen LogP) is 7.58. The second-order valence-corrected chi connectivity index (χ2v) is 10.9. The Morgan fingerprint density at radius 3 is 2.32 bits per heavy atom. The quantitative estimate of drug-likeness (QED) is 0.261. The van der Waals surface area contributed by atoms with Crippen LogP contribution in [0.5, 0.6) is 0 Å². The molecule has 1 saturated heterocycles. The Bertz CT molecular complexity index is 1460. The molecule has 0 atom stereocenters. The highest BCUT2D eigenvalue weighted by atomic mass is 35.5. The van der Waals surface area contributed by atoms with Gasteiger partial charge in [-0.15, -0.1) is 0 Å². The molecule has 38 heavy (non-hydrogen) atoms. The summed E-state index contributed by atoms with van der Waals surface area (Å²) in [5, 5.41) is 13.1. The number of halogens is 3. The van der Waals surface area contributed by atoms with Gasteiger partial charge in [-0.1, -0.05) is 72.4 Å². The molecular weight excluding hydrogens is 541 g/mol. The van der Waals surface area contributed by atoms with Crippen LogP contribution < -0.4 is 0 Å². The number of aromatic nitrogens is 2. The molecule has 0 saturated carbocycles. The van der Waals surface area contributed by atoms with Gasteiger partial charge in [0, 0.05) is 34.4 Å². The molecule has 1 aromatic heterocycles. The minimum atomic E-state index is -1.03. The van der Waals surface area contributed by atoms with Crippen LogP contribution in [0.1, 0.15) is 47.9 Å². The summed E-state index contributed by atoms with van der Waals surface area (Å²) >= 11 is 19.0. The summed E-state index contributed by atoms with van der Waals surface area (Å²) < 4.78 is 2.01. The smallest absolute Gasteiger partial charge is 0.274 e. The normalized spacial score (nSPS) is 15.0. The van der Waals surface area contributed by atoms with Crippen LogP contribution in [-0.4, -0.2) is 38.6 Å². The Balaban J connectivity index is 1.54. The first kappa shape index (κ1) is 26.8. The number of hydrogen-bond acceptors (Lipinski definition) is 3. The molecule has 8 heteroatoms. The third-order valence-electron chi connectivity index (χ3n) is 7.10. The number of carbonyl (C=O) groups is 1. The first-order valence-corrected chi connectivity index (χ1v) is 13.8. The molecule has 0 aliphatic carbocycles. The molecule has 0 radical (unpaired) electrons. The lowest BCUT2D eigenvalue weighted by Gasteiger charge is -2.38. The van der Waals surface area contributed by atoms with Gasteiger partial charge < -0.3 is 10.0 Å². The number of imidazole rings is 1. The lowest BCUT2D eigenvalue weighted by molar-refractivity contribution is -0.0212. The molecule has 3 aromatic carbocycles. The summed E-state index contributed by atoms with van der Waals surface area (Å²) in [5.74, 6) is 0.458. The van der Waals surface area contributed by atoms with Gasteiger partial charge in [-0.25, -0.2) is 4.98 Å². The fourth-order valence-electron chi connectivity index (χ4n) is 5.08. The van der Waals surface area contributed by atoms with E-state index in [9.17, 15) is 9.90 Å². The van der Waals surface area contributed by atoms with Crippen LogP contribution >= 0.6 is 34.8 Å². The van der Waals surface area contributed by atoms with Crippen LogP contribution in [0.15, 0.2) is 72.8 Å². The van der Waals surface area contributed by atoms with Crippen molar-refractivity contribution < 1.29 is 9.90 Å². The van der Waals surface area contributed by atoms with E-state index in [4.69, 9.17) is 39.8 Å². The average Bonchev–Trinajstić information content (AvgIpc) is 3.28. The third-order valence-corrected chi connectivity index (χ3v) is 7.92. The molecule has 1 fully saturated rings. The van der Waals surface area contributed by atoms with E-state index in [0.29, 0.717) is 58.9 Å². The fourth-order valence-corrected chi connectivity index (χ4v) is 5.62. The van der Waals surface area contributed by atoms with Crippen molar-refractivity contribution >= 4 is 40.7 Å². The van der Waals surface area contributed by atoms with Gasteiger partial charge >= 0.3 is 0 Å². The Kier molecular flexibility index (Phi) is 7.83. The van der Waals surface area contributed by atoms with Crippen LogP contribution in [0, 0.1) is 0 Å². The fraction of sp³-hybridized carbons (Fsp3) is 0.267. The molecule has 4 aromatic rings. The molecule has 1 aliphatic heterocycles. The summed E-state index contributed by atoms with van der Waals surface area (Å²) in [6, 6.07) is 22.3. The molecule has 0 unspecified atom stereocenters. The zero-order valence-corrected chi connectivity index (χ0v) is 23.3. The number of likely N-dealkylation sites (tertiary alicyclic amines) is 1. The van der Waals surface area contributed by atoms with Gasteiger partial charge in [0.15, 0.2) is 5.69 Å². The third kappa shape index (κ3) is 5.21. The van der Waals surface area contributed by atoms with Crippen LogP contribution in [0.25, 0.3) is 17.1 Å². The molecule has 5 nitrogen and oxygen atoms in total. The van der Waals surface area contributed by atoms with E-state index in [-0.39, 0.29) is 5.91 Å². The van der Waals surface area contributed by atoms with Gasteiger partial charge in [-0.2, -0.15) is 0 Å². The monoisotopic (exact) mass is 567 g/mol. The molecule has 1 amide bonds. The molecule has 1 N–H and O–H groups in total. The number of aliphatic hydroxyl groups is 1. The summed E-state index contributed by atoms with van der Waals surface area (Å²) in [4.78, 5) is 20.7. The standard InChI is InChI=1S/C30H28Cl3N3O2/c1-2-6-26-27(29(37)35-17-15-30(38,16-18-35)20-7-5-8-22(32)19-20)34-28(24-9-3-4-10-25(24)33)36(26)23-13-11-21(31)12-14-23/h3-5,7-14,19,38H,2,6,15-18H2,1H3. The number of piperidine rings is 1. The maximum absolute atomic E-state index is 14.0. The molecule has 1 aliphatic rings.